The van der Waals surface area contributed by atoms with E-state index in [-0.39, 0.29) is 12.3 Å². The summed E-state index contributed by atoms with van der Waals surface area (Å²) in [5.41, 5.74) is 2.97. The van der Waals surface area contributed by atoms with Crippen molar-refractivity contribution in [2.75, 3.05) is 6.61 Å². The van der Waals surface area contributed by atoms with Crippen molar-refractivity contribution in [3.05, 3.63) is 103 Å². The van der Waals surface area contributed by atoms with Crippen molar-refractivity contribution in [2.24, 2.45) is 0 Å². The first-order valence-corrected chi connectivity index (χ1v) is 9.87. The van der Waals surface area contributed by atoms with Crippen LogP contribution in [-0.4, -0.2) is 27.5 Å². The van der Waals surface area contributed by atoms with Crippen LogP contribution in [0.3, 0.4) is 0 Å². The van der Waals surface area contributed by atoms with Gasteiger partial charge in [-0.2, -0.15) is 0 Å². The van der Waals surface area contributed by atoms with Crippen molar-refractivity contribution in [1.82, 2.24) is 9.13 Å². The first-order chi connectivity index (χ1) is 14.8. The number of nitrogens with zero attached hydrogens (tertiary/aromatic N) is 2. The lowest BCUT2D eigenvalue weighted by Crippen LogP contribution is -2.41. The van der Waals surface area contributed by atoms with Crippen LogP contribution >= 0.6 is 0 Å². The van der Waals surface area contributed by atoms with E-state index in [1.54, 1.807) is 6.07 Å². The normalized spacial score (nSPS) is 10.7. The molecule has 0 amide bonds. The second kappa shape index (κ2) is 9.38. The van der Waals surface area contributed by atoms with Crippen LogP contribution in [-0.2, 0) is 22.6 Å². The zero-order valence-corrected chi connectivity index (χ0v) is 17.8. The maximum absolute atomic E-state index is 12.7. The number of esters is 1. The van der Waals surface area contributed by atoms with Crippen molar-refractivity contribution in [2.45, 2.75) is 33.9 Å². The number of rotatable bonds is 7. The minimum Gasteiger partial charge on any atom is -0.456 e. The highest BCUT2D eigenvalue weighted by Gasteiger charge is 2.16. The molecule has 1 aromatic heterocycles. The molecule has 31 heavy (non-hydrogen) atoms. The van der Waals surface area contributed by atoms with Gasteiger partial charge in [-0.3, -0.25) is 19.0 Å². The smallest absolute Gasteiger partial charge is 0.331 e. The van der Waals surface area contributed by atoms with E-state index in [0.717, 1.165) is 26.8 Å². The average molecular weight is 420 g/mol. The van der Waals surface area contributed by atoms with Gasteiger partial charge in [0.15, 0.2) is 6.61 Å². The molecule has 0 fully saturated rings. The van der Waals surface area contributed by atoms with E-state index in [2.05, 4.69) is 0 Å². The first kappa shape index (κ1) is 22.0. The van der Waals surface area contributed by atoms with Crippen LogP contribution in [0.2, 0.25) is 0 Å². The van der Waals surface area contributed by atoms with Crippen molar-refractivity contribution in [1.29, 1.82) is 0 Å². The summed E-state index contributed by atoms with van der Waals surface area (Å²) < 4.78 is 7.20. The number of aryl methyl sites for hydroxylation is 3. The van der Waals surface area contributed by atoms with E-state index < -0.39 is 30.4 Å². The van der Waals surface area contributed by atoms with Crippen LogP contribution in [0, 0.1) is 20.8 Å². The highest BCUT2D eigenvalue weighted by molar-refractivity contribution is 5.99. The fourth-order valence-electron chi connectivity index (χ4n) is 3.26. The van der Waals surface area contributed by atoms with Gasteiger partial charge in [0.05, 0.1) is 6.54 Å². The largest absolute Gasteiger partial charge is 0.456 e. The summed E-state index contributed by atoms with van der Waals surface area (Å²) in [6.45, 7) is 4.92. The molecule has 0 aliphatic heterocycles. The second-order valence-electron chi connectivity index (χ2n) is 7.47. The van der Waals surface area contributed by atoms with Gasteiger partial charge in [0, 0.05) is 17.8 Å². The van der Waals surface area contributed by atoms with Gasteiger partial charge in [0.25, 0.3) is 5.56 Å². The Bertz CT molecular complexity index is 1240. The van der Waals surface area contributed by atoms with E-state index in [1.165, 1.54) is 16.8 Å². The SMILES string of the molecule is Cc1cc(C)c(C(=O)COC(=O)Cn2c(=O)ccn(Cc3ccccc3)c2=O)cc1C. The minimum atomic E-state index is -0.827. The predicted molar refractivity (Wildman–Crippen MR) is 116 cm³/mol. The molecule has 7 nitrogen and oxygen atoms in total. The third kappa shape index (κ3) is 5.25. The lowest BCUT2D eigenvalue weighted by Gasteiger charge is -2.11. The number of Topliss-reactive ketones (excluding diaryl/α,β-unsaturated/α-hetero) is 1. The third-order valence-corrected chi connectivity index (χ3v) is 5.13. The number of carbonyl (C=O) groups excluding carboxylic acids is 2. The summed E-state index contributed by atoms with van der Waals surface area (Å²) >= 11 is 0. The molecule has 2 aromatic carbocycles. The van der Waals surface area contributed by atoms with E-state index in [9.17, 15) is 19.2 Å². The van der Waals surface area contributed by atoms with Gasteiger partial charge in [0.2, 0.25) is 5.78 Å². The predicted octanol–water partition coefficient (Wildman–Crippen LogP) is 2.41. The monoisotopic (exact) mass is 420 g/mol. The zero-order chi connectivity index (χ0) is 22.5. The summed E-state index contributed by atoms with van der Waals surface area (Å²) in [7, 11) is 0. The summed E-state index contributed by atoms with van der Waals surface area (Å²) in [4.78, 5) is 49.5. The fraction of sp³-hybridized carbons (Fsp3) is 0.250. The fourth-order valence-corrected chi connectivity index (χ4v) is 3.26. The quantitative estimate of drug-likeness (QED) is 0.433. The van der Waals surface area contributed by atoms with Crippen molar-refractivity contribution in [3.63, 3.8) is 0 Å². The molecule has 3 aromatic rings. The average Bonchev–Trinajstić information content (AvgIpc) is 2.75. The molecule has 7 heteroatoms. The number of carbonyl (C=O) groups is 2. The van der Waals surface area contributed by atoms with E-state index in [0.29, 0.717) is 5.56 Å². The van der Waals surface area contributed by atoms with Gasteiger partial charge in [-0.05, 0) is 49.1 Å². The molecule has 0 saturated heterocycles. The first-order valence-electron chi connectivity index (χ1n) is 9.87. The molecule has 3 rings (SSSR count). The number of ketones is 1. The number of hydrogen-bond acceptors (Lipinski definition) is 5. The Labute approximate surface area is 179 Å². The standard InChI is InChI=1S/C24H24N2O5/c1-16-11-18(3)20(12-17(16)2)21(27)15-31-23(29)14-26-22(28)9-10-25(24(26)30)13-19-7-5-4-6-8-19/h4-12H,13-15H2,1-3H3. The Kier molecular flexibility index (Phi) is 6.65. The van der Waals surface area contributed by atoms with Crippen molar-refractivity contribution in [3.8, 4) is 0 Å². The molecule has 160 valence electrons. The Balaban J connectivity index is 1.70. The summed E-state index contributed by atoms with van der Waals surface area (Å²) in [6, 6.07) is 14.2. The molecule has 0 bridgehead atoms. The summed E-state index contributed by atoms with van der Waals surface area (Å²) in [5.74, 6) is -1.16. The highest BCUT2D eigenvalue weighted by Crippen LogP contribution is 2.16. The molecule has 0 unspecified atom stereocenters. The molecule has 0 saturated carbocycles. The van der Waals surface area contributed by atoms with Crippen LogP contribution in [0.25, 0.3) is 0 Å². The van der Waals surface area contributed by atoms with Gasteiger partial charge in [-0.15, -0.1) is 0 Å². The molecule has 0 atom stereocenters. The Morgan fingerprint density at radius 2 is 1.58 bits per heavy atom. The van der Waals surface area contributed by atoms with Crippen LogP contribution in [0.4, 0.5) is 0 Å². The van der Waals surface area contributed by atoms with Crippen LogP contribution in [0.5, 0.6) is 0 Å². The zero-order valence-electron chi connectivity index (χ0n) is 17.8. The van der Waals surface area contributed by atoms with Crippen molar-refractivity contribution >= 4 is 11.8 Å². The van der Waals surface area contributed by atoms with E-state index in [4.69, 9.17) is 4.74 Å². The van der Waals surface area contributed by atoms with E-state index in [1.807, 2.05) is 57.2 Å². The van der Waals surface area contributed by atoms with Gasteiger partial charge in [-0.25, -0.2) is 9.36 Å². The number of aromatic nitrogens is 2. The molecule has 0 N–H and O–H groups in total. The topological polar surface area (TPSA) is 87.4 Å². The molecule has 0 radical (unpaired) electrons. The molecular weight excluding hydrogens is 396 g/mol. The third-order valence-electron chi connectivity index (χ3n) is 5.13. The second-order valence-corrected chi connectivity index (χ2v) is 7.47. The van der Waals surface area contributed by atoms with Gasteiger partial charge < -0.3 is 4.74 Å². The number of benzene rings is 2. The van der Waals surface area contributed by atoms with Crippen molar-refractivity contribution < 1.29 is 14.3 Å². The van der Waals surface area contributed by atoms with Gasteiger partial charge in [-0.1, -0.05) is 36.4 Å². The van der Waals surface area contributed by atoms with Crippen LogP contribution in [0.1, 0.15) is 32.6 Å². The molecular formula is C24H24N2O5. The number of hydrogen-bond donors (Lipinski definition) is 0. The lowest BCUT2D eigenvalue weighted by molar-refractivity contribution is -0.143. The van der Waals surface area contributed by atoms with Crippen LogP contribution in [0.15, 0.2) is 64.3 Å². The minimum absolute atomic E-state index is 0.263. The molecule has 0 spiro atoms. The Hall–Kier alpha value is -3.74. The number of ether oxygens (including phenoxy) is 1. The Morgan fingerprint density at radius 1 is 0.903 bits per heavy atom. The lowest BCUT2D eigenvalue weighted by atomic mass is 9.98. The Morgan fingerprint density at radius 3 is 2.29 bits per heavy atom. The molecule has 0 aliphatic carbocycles. The summed E-state index contributed by atoms with van der Waals surface area (Å²) in [6.07, 6.45) is 1.39. The maximum Gasteiger partial charge on any atom is 0.331 e. The maximum atomic E-state index is 12.7. The molecule has 0 aliphatic rings. The molecule has 1 heterocycles. The van der Waals surface area contributed by atoms with E-state index >= 15 is 0 Å². The highest BCUT2D eigenvalue weighted by atomic mass is 16.5. The van der Waals surface area contributed by atoms with Gasteiger partial charge >= 0.3 is 11.7 Å². The van der Waals surface area contributed by atoms with Gasteiger partial charge in [0.1, 0.15) is 6.54 Å². The summed E-state index contributed by atoms with van der Waals surface area (Å²) in [5, 5.41) is 0. The van der Waals surface area contributed by atoms with Crippen LogP contribution < -0.4 is 11.2 Å².